The van der Waals surface area contributed by atoms with E-state index in [1.165, 1.54) is 13.2 Å². The van der Waals surface area contributed by atoms with Gasteiger partial charge in [-0.05, 0) is 18.2 Å². The Hall–Kier alpha value is -2.51. The summed E-state index contributed by atoms with van der Waals surface area (Å²) in [6.45, 7) is 0.00833. The van der Waals surface area contributed by atoms with E-state index in [2.05, 4.69) is 10.1 Å². The molecule has 0 fully saturated rings. The van der Waals surface area contributed by atoms with Crippen molar-refractivity contribution in [3.63, 3.8) is 0 Å². The second-order valence-corrected chi connectivity index (χ2v) is 3.94. The highest BCUT2D eigenvalue weighted by Gasteiger charge is 2.31. The highest BCUT2D eigenvalue weighted by molar-refractivity contribution is 5.99. The summed E-state index contributed by atoms with van der Waals surface area (Å²) in [7, 11) is 1.20. The van der Waals surface area contributed by atoms with Crippen LogP contribution in [0.15, 0.2) is 30.4 Å². The standard InChI is InChI=1S/C13H13F3N2O3/c1-21-11(19)3-2-6-18-12(20)9-5-4-8(7-10(9)17)13(14,15)16/h2-5,7H,6,17H2,1H3,(H,18,20)/b3-2+. The number of rotatable bonds is 4. The van der Waals surface area contributed by atoms with Gasteiger partial charge in [-0.15, -0.1) is 0 Å². The number of hydrogen-bond donors (Lipinski definition) is 2. The van der Waals surface area contributed by atoms with Gasteiger partial charge in [0.15, 0.2) is 0 Å². The summed E-state index contributed by atoms with van der Waals surface area (Å²) in [6.07, 6.45) is -2.08. The van der Waals surface area contributed by atoms with Crippen LogP contribution in [0.5, 0.6) is 0 Å². The molecule has 0 unspecified atom stereocenters. The number of halogens is 3. The molecule has 0 spiro atoms. The summed E-state index contributed by atoms with van der Waals surface area (Å²) in [5.74, 6) is -1.23. The zero-order chi connectivity index (χ0) is 16.0. The monoisotopic (exact) mass is 302 g/mol. The van der Waals surface area contributed by atoms with Crippen molar-refractivity contribution in [2.75, 3.05) is 19.4 Å². The molecule has 114 valence electrons. The van der Waals surface area contributed by atoms with E-state index in [9.17, 15) is 22.8 Å². The van der Waals surface area contributed by atoms with E-state index in [1.54, 1.807) is 0 Å². The minimum atomic E-state index is -4.52. The molecule has 0 saturated heterocycles. The fourth-order valence-corrected chi connectivity index (χ4v) is 1.42. The van der Waals surface area contributed by atoms with Crippen LogP contribution in [0.3, 0.4) is 0 Å². The van der Waals surface area contributed by atoms with Gasteiger partial charge in [0.05, 0.1) is 18.2 Å². The molecule has 0 saturated carbocycles. The predicted molar refractivity (Wildman–Crippen MR) is 69.3 cm³/mol. The number of nitrogens with one attached hydrogen (secondary N) is 1. The molecule has 21 heavy (non-hydrogen) atoms. The molecule has 1 amide bonds. The summed E-state index contributed by atoms with van der Waals surface area (Å²) in [4.78, 5) is 22.5. The van der Waals surface area contributed by atoms with Crippen LogP contribution in [-0.2, 0) is 15.7 Å². The van der Waals surface area contributed by atoms with Gasteiger partial charge < -0.3 is 15.8 Å². The number of ether oxygens (including phenoxy) is 1. The van der Waals surface area contributed by atoms with Gasteiger partial charge >= 0.3 is 12.1 Å². The van der Waals surface area contributed by atoms with Crippen molar-refractivity contribution in [1.82, 2.24) is 5.32 Å². The van der Waals surface area contributed by atoms with Gasteiger partial charge in [0, 0.05) is 18.3 Å². The predicted octanol–water partition coefficient (Wildman–Crippen LogP) is 1.75. The zero-order valence-corrected chi connectivity index (χ0v) is 11.0. The number of nitrogens with two attached hydrogens (primary N) is 1. The number of nitrogen functional groups attached to an aromatic ring is 1. The molecule has 0 aromatic heterocycles. The van der Waals surface area contributed by atoms with Crippen molar-refractivity contribution in [3.05, 3.63) is 41.5 Å². The van der Waals surface area contributed by atoms with E-state index in [0.717, 1.165) is 18.2 Å². The maximum absolute atomic E-state index is 12.4. The first-order valence-corrected chi connectivity index (χ1v) is 5.75. The Morgan fingerprint density at radius 3 is 2.57 bits per heavy atom. The van der Waals surface area contributed by atoms with Crippen LogP contribution in [-0.4, -0.2) is 25.5 Å². The Kier molecular flexibility index (Phi) is 5.34. The van der Waals surface area contributed by atoms with Crippen molar-refractivity contribution in [1.29, 1.82) is 0 Å². The second kappa shape index (κ2) is 6.78. The highest BCUT2D eigenvalue weighted by Crippen LogP contribution is 2.31. The Labute approximate surface area is 118 Å². The first-order valence-electron chi connectivity index (χ1n) is 5.75. The molecule has 1 aromatic rings. The topological polar surface area (TPSA) is 81.4 Å². The van der Waals surface area contributed by atoms with Crippen LogP contribution in [0.2, 0.25) is 0 Å². The van der Waals surface area contributed by atoms with E-state index in [0.29, 0.717) is 6.07 Å². The molecular formula is C13H13F3N2O3. The molecule has 8 heteroatoms. The molecule has 0 bridgehead atoms. The quantitative estimate of drug-likeness (QED) is 0.504. The minimum absolute atomic E-state index is 0.00833. The normalized spacial score (nSPS) is 11.4. The van der Waals surface area contributed by atoms with E-state index in [-0.39, 0.29) is 17.8 Å². The molecular weight excluding hydrogens is 289 g/mol. The second-order valence-electron chi connectivity index (χ2n) is 3.94. The van der Waals surface area contributed by atoms with Gasteiger partial charge in [-0.2, -0.15) is 13.2 Å². The number of amides is 1. The van der Waals surface area contributed by atoms with Crippen LogP contribution in [0.4, 0.5) is 18.9 Å². The molecule has 1 aromatic carbocycles. The molecule has 0 aliphatic rings. The van der Waals surface area contributed by atoms with E-state index in [4.69, 9.17) is 5.73 Å². The van der Waals surface area contributed by atoms with Crippen LogP contribution < -0.4 is 11.1 Å². The number of alkyl halides is 3. The van der Waals surface area contributed by atoms with Crippen LogP contribution in [0.25, 0.3) is 0 Å². The molecule has 3 N–H and O–H groups in total. The average molecular weight is 302 g/mol. The van der Waals surface area contributed by atoms with Crippen molar-refractivity contribution >= 4 is 17.6 Å². The SMILES string of the molecule is COC(=O)/C=C/CNC(=O)c1ccc(C(F)(F)F)cc1N. The summed E-state index contributed by atoms with van der Waals surface area (Å²) < 4.78 is 41.7. The number of anilines is 1. The third-order valence-electron chi connectivity index (χ3n) is 2.46. The van der Waals surface area contributed by atoms with Crippen molar-refractivity contribution < 1.29 is 27.5 Å². The lowest BCUT2D eigenvalue weighted by Gasteiger charge is -2.10. The van der Waals surface area contributed by atoms with Crippen molar-refractivity contribution in [2.45, 2.75) is 6.18 Å². The lowest BCUT2D eigenvalue weighted by Crippen LogP contribution is -2.24. The summed E-state index contributed by atoms with van der Waals surface area (Å²) >= 11 is 0. The summed E-state index contributed by atoms with van der Waals surface area (Å²) in [5, 5.41) is 2.38. The smallest absolute Gasteiger partial charge is 0.416 e. The molecule has 0 aliphatic carbocycles. The zero-order valence-electron chi connectivity index (χ0n) is 11.0. The summed E-state index contributed by atoms with van der Waals surface area (Å²) in [5.41, 5.74) is 4.16. The lowest BCUT2D eigenvalue weighted by molar-refractivity contribution is -0.137. The van der Waals surface area contributed by atoms with Gasteiger partial charge in [0.2, 0.25) is 0 Å². The van der Waals surface area contributed by atoms with E-state index >= 15 is 0 Å². The first-order chi connectivity index (χ1) is 9.75. The number of methoxy groups -OCH3 is 1. The van der Waals surface area contributed by atoms with E-state index in [1.807, 2.05) is 0 Å². The fraction of sp³-hybridized carbons (Fsp3) is 0.231. The molecule has 5 nitrogen and oxygen atoms in total. The van der Waals surface area contributed by atoms with Crippen LogP contribution >= 0.6 is 0 Å². The van der Waals surface area contributed by atoms with Crippen LogP contribution in [0.1, 0.15) is 15.9 Å². The average Bonchev–Trinajstić information content (AvgIpc) is 2.41. The lowest BCUT2D eigenvalue weighted by atomic mass is 10.1. The van der Waals surface area contributed by atoms with Gasteiger partial charge in [-0.25, -0.2) is 4.79 Å². The number of benzene rings is 1. The Bertz CT molecular complexity index is 568. The van der Waals surface area contributed by atoms with Gasteiger partial charge in [-0.3, -0.25) is 4.79 Å². The van der Waals surface area contributed by atoms with Gasteiger partial charge in [0.1, 0.15) is 0 Å². The Morgan fingerprint density at radius 2 is 2.05 bits per heavy atom. The number of esters is 1. The minimum Gasteiger partial charge on any atom is -0.466 e. The fourth-order valence-electron chi connectivity index (χ4n) is 1.42. The number of carbonyl (C=O) groups is 2. The third-order valence-corrected chi connectivity index (χ3v) is 2.46. The largest absolute Gasteiger partial charge is 0.466 e. The number of hydrogen-bond acceptors (Lipinski definition) is 4. The molecule has 0 atom stereocenters. The first kappa shape index (κ1) is 16.5. The number of carbonyl (C=O) groups excluding carboxylic acids is 2. The molecule has 1 rings (SSSR count). The van der Waals surface area contributed by atoms with Crippen molar-refractivity contribution in [3.8, 4) is 0 Å². The van der Waals surface area contributed by atoms with Gasteiger partial charge in [0.25, 0.3) is 5.91 Å². The maximum atomic E-state index is 12.4. The third kappa shape index (κ3) is 4.83. The van der Waals surface area contributed by atoms with Crippen molar-refractivity contribution in [2.24, 2.45) is 0 Å². The highest BCUT2D eigenvalue weighted by atomic mass is 19.4. The molecule has 0 radical (unpaired) electrons. The maximum Gasteiger partial charge on any atom is 0.416 e. The van der Waals surface area contributed by atoms with Gasteiger partial charge in [-0.1, -0.05) is 6.08 Å². The Balaban J connectivity index is 2.71. The molecule has 0 aliphatic heterocycles. The Morgan fingerprint density at radius 1 is 1.38 bits per heavy atom. The van der Waals surface area contributed by atoms with Crippen LogP contribution in [0, 0.1) is 0 Å². The summed E-state index contributed by atoms with van der Waals surface area (Å²) in [6, 6.07) is 2.46. The van der Waals surface area contributed by atoms with E-state index < -0.39 is 23.6 Å². The molecule has 0 heterocycles.